The first-order valence-electron chi connectivity index (χ1n) is 8.61. The number of carbonyl (C=O) groups excluding carboxylic acids is 2. The van der Waals surface area contributed by atoms with E-state index in [2.05, 4.69) is 10.6 Å². The maximum atomic E-state index is 12.8. The zero-order valence-corrected chi connectivity index (χ0v) is 15.2. The van der Waals surface area contributed by atoms with Gasteiger partial charge in [-0.2, -0.15) is 0 Å². The van der Waals surface area contributed by atoms with Gasteiger partial charge in [0, 0.05) is 5.69 Å². The third-order valence-corrected chi connectivity index (χ3v) is 3.83. The van der Waals surface area contributed by atoms with Gasteiger partial charge in [-0.1, -0.05) is 17.7 Å². The van der Waals surface area contributed by atoms with E-state index in [1.165, 1.54) is 30.3 Å². The van der Waals surface area contributed by atoms with Gasteiger partial charge in [0.15, 0.2) is 5.76 Å². The molecule has 0 radical (unpaired) electrons. The van der Waals surface area contributed by atoms with E-state index < -0.39 is 17.6 Å². The number of anilines is 1. The van der Waals surface area contributed by atoms with Crippen molar-refractivity contribution in [3.8, 4) is 5.75 Å². The number of benzene rings is 2. The van der Waals surface area contributed by atoms with Crippen LogP contribution < -0.4 is 15.4 Å². The third kappa shape index (κ3) is 5.44. The molecule has 0 saturated carbocycles. The van der Waals surface area contributed by atoms with Crippen molar-refractivity contribution in [3.63, 3.8) is 0 Å². The van der Waals surface area contributed by atoms with E-state index in [-0.39, 0.29) is 18.9 Å². The van der Waals surface area contributed by atoms with Gasteiger partial charge in [0.05, 0.1) is 6.54 Å². The Hall–Kier alpha value is -3.61. The second-order valence-corrected chi connectivity index (χ2v) is 6.11. The lowest BCUT2D eigenvalue weighted by molar-refractivity contribution is -0.115. The molecule has 3 aromatic rings. The van der Waals surface area contributed by atoms with Crippen LogP contribution in [0.25, 0.3) is 0 Å². The number of ether oxygens (including phenoxy) is 1. The van der Waals surface area contributed by atoms with Crippen LogP contribution in [0.5, 0.6) is 5.75 Å². The molecule has 1 aromatic heterocycles. The van der Waals surface area contributed by atoms with Crippen molar-refractivity contribution in [1.29, 1.82) is 0 Å². The van der Waals surface area contributed by atoms with Crippen LogP contribution in [0.3, 0.4) is 0 Å². The van der Waals surface area contributed by atoms with E-state index in [1.807, 2.05) is 31.2 Å². The summed E-state index contributed by atoms with van der Waals surface area (Å²) in [5.74, 6) is -0.0828. The summed E-state index contributed by atoms with van der Waals surface area (Å²) in [5.41, 5.74) is 1.57. The third-order valence-electron chi connectivity index (χ3n) is 3.83. The van der Waals surface area contributed by atoms with Gasteiger partial charge in [0.2, 0.25) is 5.91 Å². The van der Waals surface area contributed by atoms with Crippen LogP contribution >= 0.6 is 0 Å². The number of hydrogen-bond acceptors (Lipinski definition) is 4. The predicted molar refractivity (Wildman–Crippen MR) is 102 cm³/mol. The van der Waals surface area contributed by atoms with Crippen molar-refractivity contribution in [2.75, 3.05) is 11.9 Å². The largest absolute Gasteiger partial charge is 0.486 e. The minimum atomic E-state index is -0.518. The van der Waals surface area contributed by atoms with E-state index in [1.54, 1.807) is 6.07 Å². The van der Waals surface area contributed by atoms with E-state index >= 15 is 0 Å². The van der Waals surface area contributed by atoms with Crippen LogP contribution in [0.15, 0.2) is 65.1 Å². The van der Waals surface area contributed by atoms with Gasteiger partial charge in [-0.15, -0.1) is 0 Å². The Bertz CT molecular complexity index is 949. The summed E-state index contributed by atoms with van der Waals surface area (Å²) < 4.78 is 23.9. The first-order chi connectivity index (χ1) is 13.5. The Balaban J connectivity index is 1.46. The van der Waals surface area contributed by atoms with Crippen molar-refractivity contribution in [3.05, 3.63) is 83.6 Å². The van der Waals surface area contributed by atoms with Gasteiger partial charge in [-0.25, -0.2) is 4.39 Å². The van der Waals surface area contributed by atoms with Crippen LogP contribution in [0.2, 0.25) is 0 Å². The zero-order chi connectivity index (χ0) is 19.9. The molecule has 3 rings (SSSR count). The van der Waals surface area contributed by atoms with Gasteiger partial charge in [-0.3, -0.25) is 9.59 Å². The normalized spacial score (nSPS) is 10.4. The molecule has 0 saturated heterocycles. The van der Waals surface area contributed by atoms with Gasteiger partial charge in [0.25, 0.3) is 5.91 Å². The molecule has 2 N–H and O–H groups in total. The zero-order valence-electron chi connectivity index (χ0n) is 15.2. The minimum absolute atomic E-state index is 0.0806. The fourth-order valence-electron chi connectivity index (χ4n) is 2.35. The summed E-state index contributed by atoms with van der Waals surface area (Å²) in [6.07, 6.45) is 0. The molecule has 28 heavy (non-hydrogen) atoms. The van der Waals surface area contributed by atoms with Gasteiger partial charge in [-0.05, 0) is 55.5 Å². The first-order valence-corrected chi connectivity index (χ1v) is 8.61. The Morgan fingerprint density at radius 2 is 1.71 bits per heavy atom. The lowest BCUT2D eigenvalue weighted by atomic mass is 10.2. The number of halogens is 1. The summed E-state index contributed by atoms with van der Waals surface area (Å²) in [5, 5.41) is 5.02. The molecule has 7 heteroatoms. The number of nitrogens with one attached hydrogen (secondary N) is 2. The Morgan fingerprint density at radius 3 is 2.43 bits per heavy atom. The SMILES string of the molecule is Cc1ccc(OCc2ccc(C(=O)NCC(=O)Nc3ccc(F)cc3)o2)cc1. The topological polar surface area (TPSA) is 80.6 Å². The molecule has 2 amide bonds. The predicted octanol–water partition coefficient (Wildman–Crippen LogP) is 3.67. The molecule has 0 spiro atoms. The van der Waals surface area contributed by atoms with Gasteiger partial charge in [0.1, 0.15) is 23.9 Å². The van der Waals surface area contributed by atoms with Crippen molar-refractivity contribution in [2.45, 2.75) is 13.5 Å². The number of rotatable bonds is 7. The molecule has 0 atom stereocenters. The van der Waals surface area contributed by atoms with Crippen LogP contribution in [0.1, 0.15) is 21.9 Å². The molecule has 0 aliphatic heterocycles. The monoisotopic (exact) mass is 382 g/mol. The molecule has 0 fully saturated rings. The Labute approximate surface area is 161 Å². The highest BCUT2D eigenvalue weighted by atomic mass is 19.1. The summed E-state index contributed by atoms with van der Waals surface area (Å²) in [4.78, 5) is 23.9. The van der Waals surface area contributed by atoms with Crippen LogP contribution in [-0.2, 0) is 11.4 Å². The fraction of sp³-hybridized carbons (Fsp3) is 0.143. The minimum Gasteiger partial charge on any atom is -0.486 e. The van der Waals surface area contributed by atoms with Crippen LogP contribution in [-0.4, -0.2) is 18.4 Å². The Morgan fingerprint density at radius 1 is 1.00 bits per heavy atom. The molecule has 144 valence electrons. The van der Waals surface area contributed by atoms with Crippen molar-refractivity contribution < 1.29 is 23.1 Å². The highest BCUT2D eigenvalue weighted by molar-refractivity contribution is 5.98. The summed E-state index contributed by atoms with van der Waals surface area (Å²) in [6.45, 7) is 1.93. The number of carbonyl (C=O) groups is 2. The molecule has 0 unspecified atom stereocenters. The number of furan rings is 1. The second kappa shape index (κ2) is 8.85. The van der Waals surface area contributed by atoms with Gasteiger partial charge < -0.3 is 19.8 Å². The quantitative estimate of drug-likeness (QED) is 0.653. The molecular weight excluding hydrogens is 363 g/mol. The van der Waals surface area contributed by atoms with E-state index in [0.29, 0.717) is 17.2 Å². The molecule has 6 nitrogen and oxygen atoms in total. The average molecular weight is 382 g/mol. The average Bonchev–Trinajstić information content (AvgIpc) is 3.17. The summed E-state index contributed by atoms with van der Waals surface area (Å²) >= 11 is 0. The molecule has 0 aliphatic carbocycles. The molecule has 2 aromatic carbocycles. The summed E-state index contributed by atoms with van der Waals surface area (Å²) in [6, 6.07) is 16.1. The highest BCUT2D eigenvalue weighted by Gasteiger charge is 2.13. The maximum absolute atomic E-state index is 12.8. The first kappa shape index (κ1) is 19.2. The fourth-order valence-corrected chi connectivity index (χ4v) is 2.35. The highest BCUT2D eigenvalue weighted by Crippen LogP contribution is 2.15. The molecule has 0 bridgehead atoms. The lowest BCUT2D eigenvalue weighted by Gasteiger charge is -2.06. The van der Waals surface area contributed by atoms with E-state index in [0.717, 1.165) is 5.56 Å². The van der Waals surface area contributed by atoms with E-state index in [9.17, 15) is 14.0 Å². The van der Waals surface area contributed by atoms with Crippen molar-refractivity contribution in [1.82, 2.24) is 5.32 Å². The second-order valence-electron chi connectivity index (χ2n) is 6.11. The number of hydrogen-bond donors (Lipinski definition) is 2. The Kier molecular flexibility index (Phi) is 6.06. The maximum Gasteiger partial charge on any atom is 0.287 e. The standard InChI is InChI=1S/C21H19FN2O4/c1-14-2-8-17(9-3-14)27-13-18-10-11-19(28-18)21(26)23-12-20(25)24-16-6-4-15(22)5-7-16/h2-11H,12-13H2,1H3,(H,23,26)(H,24,25). The van der Waals surface area contributed by atoms with Crippen molar-refractivity contribution in [2.24, 2.45) is 0 Å². The molecule has 1 heterocycles. The molecular formula is C21H19FN2O4. The smallest absolute Gasteiger partial charge is 0.287 e. The summed E-state index contributed by atoms with van der Waals surface area (Å²) in [7, 11) is 0. The number of amides is 2. The van der Waals surface area contributed by atoms with Crippen LogP contribution in [0, 0.1) is 12.7 Å². The van der Waals surface area contributed by atoms with Crippen LogP contribution in [0.4, 0.5) is 10.1 Å². The lowest BCUT2D eigenvalue weighted by Crippen LogP contribution is -2.32. The van der Waals surface area contributed by atoms with E-state index in [4.69, 9.17) is 9.15 Å². The number of aryl methyl sites for hydroxylation is 1. The molecule has 0 aliphatic rings. The van der Waals surface area contributed by atoms with Gasteiger partial charge >= 0.3 is 0 Å². The van der Waals surface area contributed by atoms with Crippen molar-refractivity contribution >= 4 is 17.5 Å².